The summed E-state index contributed by atoms with van der Waals surface area (Å²) in [7, 11) is 0. The van der Waals surface area contributed by atoms with Gasteiger partial charge in [-0.25, -0.2) is 4.79 Å². The van der Waals surface area contributed by atoms with E-state index < -0.39 is 0 Å². The lowest BCUT2D eigenvalue weighted by molar-refractivity contribution is 0.0527. The van der Waals surface area contributed by atoms with Crippen LogP contribution in [0.5, 0.6) is 0 Å². The molecule has 0 heterocycles. The number of thioether (sulfide) groups is 1. The summed E-state index contributed by atoms with van der Waals surface area (Å²) in [6.07, 6.45) is 4.36. The minimum atomic E-state index is -0.369. The van der Waals surface area contributed by atoms with Gasteiger partial charge in [0.1, 0.15) is 0 Å². The molecule has 0 bridgehead atoms. The zero-order chi connectivity index (χ0) is 14.1. The smallest absolute Gasteiger partial charge is 0.340 e. The molecule has 0 aliphatic heterocycles. The molecule has 0 spiro atoms. The van der Waals surface area contributed by atoms with Crippen LogP contribution in [0.1, 0.15) is 30.1 Å². The molecule has 0 saturated heterocycles. The first-order valence-electron chi connectivity index (χ1n) is 6.49. The van der Waals surface area contributed by atoms with Gasteiger partial charge in [0.2, 0.25) is 0 Å². The Morgan fingerprint density at radius 2 is 2.21 bits per heavy atom. The minimum absolute atomic E-state index is 0.352. The van der Waals surface area contributed by atoms with Crippen LogP contribution in [0.3, 0.4) is 0 Å². The van der Waals surface area contributed by atoms with Crippen molar-refractivity contribution in [3.05, 3.63) is 23.8 Å². The van der Waals surface area contributed by atoms with E-state index in [-0.39, 0.29) is 5.97 Å². The molecule has 0 aliphatic carbocycles. The van der Waals surface area contributed by atoms with Gasteiger partial charge in [0, 0.05) is 6.54 Å². The molecular formula is C14H22N2O2S. The summed E-state index contributed by atoms with van der Waals surface area (Å²) in [5.41, 5.74) is 7.68. The van der Waals surface area contributed by atoms with Crippen LogP contribution in [0.25, 0.3) is 0 Å². The maximum Gasteiger partial charge on any atom is 0.340 e. The Labute approximate surface area is 119 Å². The van der Waals surface area contributed by atoms with Crippen LogP contribution in [0.15, 0.2) is 18.2 Å². The summed E-state index contributed by atoms with van der Waals surface area (Å²) in [5.74, 6) is 0.797. The third-order valence-corrected chi connectivity index (χ3v) is 3.39. The van der Waals surface area contributed by atoms with Gasteiger partial charge in [0.05, 0.1) is 23.5 Å². The largest absolute Gasteiger partial charge is 0.462 e. The second-order valence-electron chi connectivity index (χ2n) is 4.11. The van der Waals surface area contributed by atoms with Crippen LogP contribution in [0.2, 0.25) is 0 Å². The SMILES string of the molecule is CCOC(=O)c1cccc(NCCCCSC)c1N. The first kappa shape index (κ1) is 15.7. The average molecular weight is 282 g/mol. The Kier molecular flexibility index (Phi) is 7.18. The fraction of sp³-hybridized carbons (Fsp3) is 0.500. The lowest BCUT2D eigenvalue weighted by atomic mass is 10.1. The van der Waals surface area contributed by atoms with Crippen molar-refractivity contribution in [3.63, 3.8) is 0 Å². The number of benzene rings is 1. The number of anilines is 2. The van der Waals surface area contributed by atoms with Crippen LogP contribution in [0.4, 0.5) is 11.4 Å². The van der Waals surface area contributed by atoms with E-state index in [0.717, 1.165) is 18.7 Å². The fourth-order valence-electron chi connectivity index (χ4n) is 1.70. The van der Waals surface area contributed by atoms with Crippen LogP contribution in [-0.4, -0.2) is 31.1 Å². The Balaban J connectivity index is 2.59. The van der Waals surface area contributed by atoms with E-state index in [1.807, 2.05) is 23.9 Å². The second-order valence-corrected chi connectivity index (χ2v) is 5.10. The van der Waals surface area contributed by atoms with Gasteiger partial charge in [-0.1, -0.05) is 6.07 Å². The van der Waals surface area contributed by atoms with Gasteiger partial charge < -0.3 is 15.8 Å². The predicted molar refractivity (Wildman–Crippen MR) is 82.9 cm³/mol. The van der Waals surface area contributed by atoms with Gasteiger partial charge in [-0.3, -0.25) is 0 Å². The second kappa shape index (κ2) is 8.69. The number of ether oxygens (including phenoxy) is 1. The number of para-hydroxylation sites is 1. The normalized spacial score (nSPS) is 10.2. The molecule has 1 aromatic rings. The first-order valence-corrected chi connectivity index (χ1v) is 7.88. The molecule has 0 aliphatic rings. The number of hydrogen-bond acceptors (Lipinski definition) is 5. The molecule has 3 N–H and O–H groups in total. The standard InChI is InChI=1S/C14H22N2O2S/c1-3-18-14(17)11-7-6-8-12(13(11)15)16-9-4-5-10-19-2/h6-8,16H,3-5,9-10,15H2,1-2H3. The molecule has 4 nitrogen and oxygen atoms in total. The van der Waals surface area contributed by atoms with Crippen molar-refractivity contribution in [2.24, 2.45) is 0 Å². The quantitative estimate of drug-likeness (QED) is 0.436. The van der Waals surface area contributed by atoms with Crippen molar-refractivity contribution >= 4 is 29.1 Å². The lowest BCUT2D eigenvalue weighted by Gasteiger charge is -2.12. The number of hydrogen-bond donors (Lipinski definition) is 2. The number of nitrogens with one attached hydrogen (secondary N) is 1. The van der Waals surface area contributed by atoms with Crippen LogP contribution in [0, 0.1) is 0 Å². The molecule has 0 atom stereocenters. The minimum Gasteiger partial charge on any atom is -0.462 e. The highest BCUT2D eigenvalue weighted by Crippen LogP contribution is 2.23. The zero-order valence-corrected chi connectivity index (χ0v) is 12.4. The molecule has 1 aromatic carbocycles. The number of nitrogens with two attached hydrogens (primary N) is 1. The topological polar surface area (TPSA) is 64.3 Å². The first-order chi connectivity index (χ1) is 9.20. The maximum atomic E-state index is 11.7. The summed E-state index contributed by atoms with van der Waals surface area (Å²) in [5, 5.41) is 3.27. The van der Waals surface area contributed by atoms with Gasteiger partial charge >= 0.3 is 5.97 Å². The maximum absolute atomic E-state index is 11.7. The molecule has 106 valence electrons. The molecule has 0 fully saturated rings. The third-order valence-electron chi connectivity index (χ3n) is 2.69. The molecular weight excluding hydrogens is 260 g/mol. The number of carbonyl (C=O) groups excluding carboxylic acids is 1. The highest BCUT2D eigenvalue weighted by molar-refractivity contribution is 7.98. The van der Waals surface area contributed by atoms with Crippen molar-refractivity contribution in [1.82, 2.24) is 0 Å². The highest BCUT2D eigenvalue weighted by atomic mass is 32.2. The summed E-state index contributed by atoms with van der Waals surface area (Å²) < 4.78 is 4.97. The number of esters is 1. The molecule has 1 rings (SSSR count). The van der Waals surface area contributed by atoms with Gasteiger partial charge in [-0.15, -0.1) is 0 Å². The molecule has 0 saturated carbocycles. The molecule has 5 heteroatoms. The monoisotopic (exact) mass is 282 g/mol. The average Bonchev–Trinajstić information content (AvgIpc) is 2.40. The Morgan fingerprint density at radius 3 is 2.89 bits per heavy atom. The number of unbranched alkanes of at least 4 members (excludes halogenated alkanes) is 1. The summed E-state index contributed by atoms with van der Waals surface area (Å²) in [4.78, 5) is 11.7. The van der Waals surface area contributed by atoms with Crippen molar-refractivity contribution in [2.45, 2.75) is 19.8 Å². The van der Waals surface area contributed by atoms with Gasteiger partial charge in [0.25, 0.3) is 0 Å². The van der Waals surface area contributed by atoms with E-state index in [1.54, 1.807) is 13.0 Å². The van der Waals surface area contributed by atoms with Crippen LogP contribution in [-0.2, 0) is 4.74 Å². The van der Waals surface area contributed by atoms with E-state index in [4.69, 9.17) is 10.5 Å². The van der Waals surface area contributed by atoms with E-state index in [1.165, 1.54) is 12.2 Å². The lowest BCUT2D eigenvalue weighted by Crippen LogP contribution is -2.11. The Hall–Kier alpha value is -1.36. The summed E-state index contributed by atoms with van der Waals surface area (Å²) in [6, 6.07) is 5.38. The molecule has 19 heavy (non-hydrogen) atoms. The van der Waals surface area contributed by atoms with E-state index in [0.29, 0.717) is 17.9 Å². The predicted octanol–water partition coefficient (Wildman–Crippen LogP) is 3.00. The molecule has 0 unspecified atom stereocenters. The van der Waals surface area contributed by atoms with Crippen molar-refractivity contribution in [1.29, 1.82) is 0 Å². The van der Waals surface area contributed by atoms with Crippen molar-refractivity contribution in [3.8, 4) is 0 Å². The highest BCUT2D eigenvalue weighted by Gasteiger charge is 2.12. The van der Waals surface area contributed by atoms with E-state index >= 15 is 0 Å². The number of rotatable bonds is 8. The fourth-order valence-corrected chi connectivity index (χ4v) is 2.19. The Bertz CT molecular complexity index is 410. The summed E-state index contributed by atoms with van der Waals surface area (Å²) in [6.45, 7) is 2.99. The van der Waals surface area contributed by atoms with Crippen LogP contribution < -0.4 is 11.1 Å². The number of nitrogen functional groups attached to an aromatic ring is 1. The van der Waals surface area contributed by atoms with E-state index in [9.17, 15) is 4.79 Å². The third kappa shape index (κ3) is 5.03. The summed E-state index contributed by atoms with van der Waals surface area (Å²) >= 11 is 1.85. The van der Waals surface area contributed by atoms with Crippen molar-refractivity contribution < 1.29 is 9.53 Å². The van der Waals surface area contributed by atoms with Crippen molar-refractivity contribution in [2.75, 3.05) is 36.2 Å². The van der Waals surface area contributed by atoms with E-state index in [2.05, 4.69) is 11.6 Å². The molecule has 0 amide bonds. The van der Waals surface area contributed by atoms with Crippen LogP contribution >= 0.6 is 11.8 Å². The van der Waals surface area contributed by atoms with Gasteiger partial charge in [-0.05, 0) is 43.9 Å². The van der Waals surface area contributed by atoms with Gasteiger partial charge in [-0.2, -0.15) is 11.8 Å². The Morgan fingerprint density at radius 1 is 1.42 bits per heavy atom. The zero-order valence-electron chi connectivity index (χ0n) is 11.6. The van der Waals surface area contributed by atoms with Gasteiger partial charge in [0.15, 0.2) is 0 Å². The molecule has 0 aromatic heterocycles. The molecule has 0 radical (unpaired) electrons. The number of carbonyl (C=O) groups is 1.